The molecule has 0 aromatic carbocycles. The molecule has 1 amide bonds. The van der Waals surface area contributed by atoms with Crippen LogP contribution in [-0.2, 0) is 14.3 Å². The van der Waals surface area contributed by atoms with E-state index in [1.54, 1.807) is 40.0 Å². The highest BCUT2D eigenvalue weighted by Crippen LogP contribution is 2.41. The molecule has 0 N–H and O–H groups in total. The Bertz CT molecular complexity index is 534. The van der Waals surface area contributed by atoms with Gasteiger partial charge in [-0.05, 0) is 52.2 Å². The Kier molecular flexibility index (Phi) is 10.5. The molecule has 5 nitrogen and oxygen atoms in total. The molecule has 1 aliphatic rings. The minimum Gasteiger partial charge on any atom is -0.443 e. The predicted molar refractivity (Wildman–Crippen MR) is 106 cm³/mol. The SMILES string of the molecule is C=CC1=C(C=C)N(C(=O)OC(C)(C)C)C(C=O)(CCCCl)C1.CCOC. The van der Waals surface area contributed by atoms with Crippen molar-refractivity contribution in [2.75, 3.05) is 19.6 Å². The fraction of sp³-hybridized carbons (Fsp3) is 0.600. The van der Waals surface area contributed by atoms with E-state index < -0.39 is 17.2 Å². The number of nitrogens with zero attached hydrogens (tertiary/aromatic N) is 1. The summed E-state index contributed by atoms with van der Waals surface area (Å²) >= 11 is 5.77. The Morgan fingerprint density at radius 3 is 2.27 bits per heavy atom. The van der Waals surface area contributed by atoms with Crippen molar-refractivity contribution in [1.82, 2.24) is 4.90 Å². The second-order valence-corrected chi connectivity index (χ2v) is 7.28. The van der Waals surface area contributed by atoms with Crippen molar-refractivity contribution in [3.05, 3.63) is 36.6 Å². The van der Waals surface area contributed by atoms with Crippen molar-refractivity contribution >= 4 is 24.0 Å². The van der Waals surface area contributed by atoms with Crippen LogP contribution < -0.4 is 0 Å². The maximum atomic E-state index is 12.6. The molecule has 6 heteroatoms. The summed E-state index contributed by atoms with van der Waals surface area (Å²) in [6.45, 7) is 15.7. The number of allylic oxidation sites excluding steroid dienone is 2. The van der Waals surface area contributed by atoms with Crippen LogP contribution in [0, 0.1) is 0 Å². The number of hydrogen-bond donors (Lipinski definition) is 0. The van der Waals surface area contributed by atoms with Gasteiger partial charge in [0, 0.05) is 26.0 Å². The monoisotopic (exact) mass is 385 g/mol. The van der Waals surface area contributed by atoms with E-state index >= 15 is 0 Å². The number of carbonyl (C=O) groups is 2. The van der Waals surface area contributed by atoms with Gasteiger partial charge in [0.25, 0.3) is 0 Å². The van der Waals surface area contributed by atoms with Gasteiger partial charge in [0.15, 0.2) is 0 Å². The van der Waals surface area contributed by atoms with Crippen molar-refractivity contribution in [2.45, 2.75) is 58.1 Å². The molecule has 1 heterocycles. The number of hydrogen-bond acceptors (Lipinski definition) is 4. The number of ether oxygens (including phenoxy) is 2. The third-order valence-electron chi connectivity index (χ3n) is 3.78. The highest BCUT2D eigenvalue weighted by molar-refractivity contribution is 6.17. The molecule has 1 aliphatic heterocycles. The van der Waals surface area contributed by atoms with E-state index in [9.17, 15) is 9.59 Å². The van der Waals surface area contributed by atoms with Gasteiger partial charge in [-0.3, -0.25) is 4.90 Å². The molecule has 1 atom stereocenters. The van der Waals surface area contributed by atoms with E-state index in [0.29, 0.717) is 30.8 Å². The quantitative estimate of drug-likeness (QED) is 0.463. The van der Waals surface area contributed by atoms with Gasteiger partial charge >= 0.3 is 6.09 Å². The lowest BCUT2D eigenvalue weighted by Crippen LogP contribution is -2.50. The molecular weight excluding hydrogens is 354 g/mol. The third kappa shape index (κ3) is 6.61. The van der Waals surface area contributed by atoms with Gasteiger partial charge in [0.2, 0.25) is 0 Å². The normalized spacial score (nSPS) is 19.5. The average Bonchev–Trinajstić information content (AvgIpc) is 2.92. The van der Waals surface area contributed by atoms with Crippen LogP contribution in [0.3, 0.4) is 0 Å². The van der Waals surface area contributed by atoms with Crippen LogP contribution in [0.25, 0.3) is 0 Å². The van der Waals surface area contributed by atoms with Gasteiger partial charge in [-0.25, -0.2) is 4.79 Å². The van der Waals surface area contributed by atoms with Crippen LogP contribution in [0.2, 0.25) is 0 Å². The molecule has 0 spiro atoms. The molecule has 148 valence electrons. The first-order valence-electron chi connectivity index (χ1n) is 8.68. The first-order chi connectivity index (χ1) is 12.2. The first kappa shape index (κ1) is 24.4. The summed E-state index contributed by atoms with van der Waals surface area (Å²) in [5, 5.41) is 0. The molecule has 1 rings (SSSR count). The molecule has 1 unspecified atom stereocenters. The van der Waals surface area contributed by atoms with E-state index in [1.807, 2.05) is 6.92 Å². The van der Waals surface area contributed by atoms with E-state index in [2.05, 4.69) is 17.9 Å². The molecule has 0 radical (unpaired) electrons. The predicted octanol–water partition coefficient (Wildman–Crippen LogP) is 4.86. The molecular formula is C20H32ClNO4. The van der Waals surface area contributed by atoms with Crippen molar-refractivity contribution in [2.24, 2.45) is 0 Å². The Hall–Kier alpha value is -1.59. The number of rotatable bonds is 7. The topological polar surface area (TPSA) is 55.8 Å². The summed E-state index contributed by atoms with van der Waals surface area (Å²) in [5.41, 5.74) is -0.250. The van der Waals surface area contributed by atoms with Crippen molar-refractivity contribution in [3.63, 3.8) is 0 Å². The molecule has 0 saturated heterocycles. The third-order valence-corrected chi connectivity index (χ3v) is 4.05. The number of alkyl halides is 1. The summed E-state index contributed by atoms with van der Waals surface area (Å²) in [4.78, 5) is 25.9. The van der Waals surface area contributed by atoms with Gasteiger partial charge < -0.3 is 14.3 Å². The van der Waals surface area contributed by atoms with Crippen molar-refractivity contribution in [1.29, 1.82) is 0 Å². The van der Waals surface area contributed by atoms with E-state index in [1.165, 1.54) is 4.90 Å². The zero-order valence-electron chi connectivity index (χ0n) is 16.6. The van der Waals surface area contributed by atoms with E-state index in [4.69, 9.17) is 16.3 Å². The van der Waals surface area contributed by atoms with Gasteiger partial charge in [-0.1, -0.05) is 19.2 Å². The van der Waals surface area contributed by atoms with E-state index in [-0.39, 0.29) is 0 Å². The lowest BCUT2D eigenvalue weighted by atomic mass is 9.90. The smallest absolute Gasteiger partial charge is 0.415 e. The van der Waals surface area contributed by atoms with Crippen molar-refractivity contribution in [3.8, 4) is 0 Å². The summed E-state index contributed by atoms with van der Waals surface area (Å²) in [6.07, 6.45) is 4.96. The summed E-state index contributed by atoms with van der Waals surface area (Å²) in [6, 6.07) is 0. The zero-order valence-corrected chi connectivity index (χ0v) is 17.4. The summed E-state index contributed by atoms with van der Waals surface area (Å²) in [5.74, 6) is 0.421. The Labute approximate surface area is 162 Å². The Morgan fingerprint density at radius 1 is 1.35 bits per heavy atom. The maximum Gasteiger partial charge on any atom is 0.415 e. The molecule has 0 bridgehead atoms. The molecule has 0 aliphatic carbocycles. The van der Waals surface area contributed by atoms with Crippen LogP contribution in [0.15, 0.2) is 36.6 Å². The second-order valence-electron chi connectivity index (χ2n) is 6.90. The van der Waals surface area contributed by atoms with Crippen LogP contribution in [0.4, 0.5) is 4.79 Å². The number of halogens is 1. The number of aldehydes is 1. The Morgan fingerprint density at radius 2 is 1.92 bits per heavy atom. The highest BCUT2D eigenvalue weighted by atomic mass is 35.5. The number of amides is 1. The van der Waals surface area contributed by atoms with Gasteiger partial charge in [0.1, 0.15) is 17.4 Å². The van der Waals surface area contributed by atoms with Crippen LogP contribution in [-0.4, -0.2) is 48.0 Å². The fourth-order valence-corrected chi connectivity index (χ4v) is 2.73. The second kappa shape index (κ2) is 11.2. The lowest BCUT2D eigenvalue weighted by Gasteiger charge is -2.36. The largest absolute Gasteiger partial charge is 0.443 e. The van der Waals surface area contributed by atoms with Crippen LogP contribution in [0.1, 0.15) is 47.0 Å². The zero-order chi connectivity index (χ0) is 20.4. The molecule has 0 saturated carbocycles. The number of methoxy groups -OCH3 is 1. The first-order valence-corrected chi connectivity index (χ1v) is 9.22. The fourth-order valence-electron chi connectivity index (χ4n) is 2.60. The van der Waals surface area contributed by atoms with Crippen LogP contribution in [0.5, 0.6) is 0 Å². The van der Waals surface area contributed by atoms with Gasteiger partial charge in [0.05, 0.1) is 5.70 Å². The summed E-state index contributed by atoms with van der Waals surface area (Å²) in [7, 11) is 1.68. The van der Waals surface area contributed by atoms with Gasteiger partial charge in [-0.15, -0.1) is 11.6 Å². The molecule has 0 aromatic rings. The highest BCUT2D eigenvalue weighted by Gasteiger charge is 2.48. The maximum absolute atomic E-state index is 12.6. The molecule has 0 aromatic heterocycles. The Balaban J connectivity index is 0.00000141. The minimum absolute atomic E-state index is 0.400. The van der Waals surface area contributed by atoms with E-state index in [0.717, 1.165) is 18.5 Å². The van der Waals surface area contributed by atoms with Gasteiger partial charge in [-0.2, -0.15) is 0 Å². The van der Waals surface area contributed by atoms with Crippen molar-refractivity contribution < 1.29 is 19.1 Å². The standard InChI is InChI=1S/C17H24ClNO3.C3H8O/c1-6-13-11-17(12-20,9-8-10-18)19(14(13)7-2)15(21)22-16(3,4)5;1-3-4-2/h6-7,12H,1-2,8-11H2,3-5H3;3H2,1-2H3. The molecule has 0 fully saturated rings. The average molecular weight is 386 g/mol. The lowest BCUT2D eigenvalue weighted by molar-refractivity contribution is -0.117. The minimum atomic E-state index is -0.982. The number of carbonyl (C=O) groups excluding carboxylic acids is 2. The molecule has 26 heavy (non-hydrogen) atoms. The van der Waals surface area contributed by atoms with Crippen LogP contribution >= 0.6 is 11.6 Å². The summed E-state index contributed by atoms with van der Waals surface area (Å²) < 4.78 is 10.0.